The van der Waals surface area contributed by atoms with Gasteiger partial charge in [-0.25, -0.2) is 4.68 Å². The van der Waals surface area contributed by atoms with E-state index in [1.165, 1.54) is 5.56 Å². The van der Waals surface area contributed by atoms with Gasteiger partial charge < -0.3 is 14.0 Å². The van der Waals surface area contributed by atoms with E-state index in [0.29, 0.717) is 31.5 Å². The maximum Gasteiger partial charge on any atom is 0.223 e. The third kappa shape index (κ3) is 3.53. The monoisotopic (exact) mass is 383 g/mol. The van der Waals surface area contributed by atoms with Crippen LogP contribution >= 0.6 is 0 Å². The minimum atomic E-state index is 0.0897. The number of morpholine rings is 1. The van der Waals surface area contributed by atoms with Crippen LogP contribution in [0.4, 0.5) is 0 Å². The van der Waals surface area contributed by atoms with Crippen LogP contribution in [0, 0.1) is 20.8 Å². The summed E-state index contributed by atoms with van der Waals surface area (Å²) in [6.45, 7) is 8.68. The second-order valence-corrected chi connectivity index (χ2v) is 6.99. The van der Waals surface area contributed by atoms with Crippen molar-refractivity contribution in [3.05, 3.63) is 52.9 Å². The average molecular weight is 383 g/mol. The van der Waals surface area contributed by atoms with Crippen molar-refractivity contribution in [3.63, 3.8) is 0 Å². The standard InChI is InChI=1S/C20H25N5O3/c1-13-20(14(2)25(22-13)16-6-5-7-17(10-16)26-4)18-12-27-9-8-24(18)11-19-21-15(3)28-23-19/h5-7,10,18H,8-9,11-12H2,1-4H3. The smallest absolute Gasteiger partial charge is 0.223 e. The van der Waals surface area contributed by atoms with Crippen LogP contribution < -0.4 is 4.74 Å². The van der Waals surface area contributed by atoms with Crippen molar-refractivity contribution in [2.75, 3.05) is 26.9 Å². The van der Waals surface area contributed by atoms with Crippen molar-refractivity contribution < 1.29 is 14.0 Å². The van der Waals surface area contributed by atoms with Gasteiger partial charge in [0.25, 0.3) is 0 Å². The number of nitrogens with zero attached hydrogens (tertiary/aromatic N) is 5. The van der Waals surface area contributed by atoms with Gasteiger partial charge in [0.15, 0.2) is 5.82 Å². The molecule has 0 bridgehead atoms. The van der Waals surface area contributed by atoms with Gasteiger partial charge in [-0.15, -0.1) is 0 Å². The Bertz CT molecular complexity index is 965. The first kappa shape index (κ1) is 18.6. The lowest BCUT2D eigenvalue weighted by Crippen LogP contribution is -2.39. The van der Waals surface area contributed by atoms with E-state index in [9.17, 15) is 0 Å². The molecule has 8 heteroatoms. The molecule has 1 aromatic carbocycles. The first-order chi connectivity index (χ1) is 13.6. The summed E-state index contributed by atoms with van der Waals surface area (Å²) in [4.78, 5) is 6.69. The summed E-state index contributed by atoms with van der Waals surface area (Å²) in [7, 11) is 1.67. The predicted octanol–water partition coefficient (Wildman–Crippen LogP) is 2.76. The Morgan fingerprint density at radius 2 is 2.11 bits per heavy atom. The highest BCUT2D eigenvalue weighted by atomic mass is 16.5. The van der Waals surface area contributed by atoms with Gasteiger partial charge in [-0.3, -0.25) is 4.90 Å². The topological polar surface area (TPSA) is 78.4 Å². The van der Waals surface area contributed by atoms with Crippen molar-refractivity contribution in [1.29, 1.82) is 0 Å². The molecule has 1 unspecified atom stereocenters. The minimum absolute atomic E-state index is 0.0897. The molecule has 0 radical (unpaired) electrons. The van der Waals surface area contributed by atoms with Crippen molar-refractivity contribution in [2.45, 2.75) is 33.4 Å². The number of aromatic nitrogens is 4. The summed E-state index contributed by atoms with van der Waals surface area (Å²) in [5.41, 5.74) is 4.24. The second kappa shape index (κ2) is 7.73. The van der Waals surface area contributed by atoms with Gasteiger partial charge in [-0.1, -0.05) is 11.2 Å². The molecule has 1 fully saturated rings. The number of benzene rings is 1. The molecule has 8 nitrogen and oxygen atoms in total. The lowest BCUT2D eigenvalue weighted by molar-refractivity contribution is -0.0145. The Morgan fingerprint density at radius 1 is 1.25 bits per heavy atom. The van der Waals surface area contributed by atoms with Crippen molar-refractivity contribution in [1.82, 2.24) is 24.8 Å². The van der Waals surface area contributed by atoms with Crippen LogP contribution in [-0.4, -0.2) is 51.7 Å². The second-order valence-electron chi connectivity index (χ2n) is 6.99. The fourth-order valence-corrected chi connectivity index (χ4v) is 3.81. The summed E-state index contributed by atoms with van der Waals surface area (Å²) in [6, 6.07) is 8.01. The summed E-state index contributed by atoms with van der Waals surface area (Å²) in [6.07, 6.45) is 0. The first-order valence-electron chi connectivity index (χ1n) is 9.38. The lowest BCUT2D eigenvalue weighted by Gasteiger charge is -2.35. The van der Waals surface area contributed by atoms with E-state index in [1.807, 2.05) is 35.9 Å². The molecule has 3 heterocycles. The summed E-state index contributed by atoms with van der Waals surface area (Å²) >= 11 is 0. The normalized spacial score (nSPS) is 17.8. The third-order valence-corrected chi connectivity index (χ3v) is 5.13. The van der Waals surface area contributed by atoms with Crippen LogP contribution in [0.15, 0.2) is 28.8 Å². The Balaban J connectivity index is 1.67. The molecule has 0 N–H and O–H groups in total. The van der Waals surface area contributed by atoms with E-state index >= 15 is 0 Å². The number of hydrogen-bond acceptors (Lipinski definition) is 7. The number of aryl methyl sites for hydroxylation is 2. The van der Waals surface area contributed by atoms with Gasteiger partial charge in [0.1, 0.15) is 5.75 Å². The van der Waals surface area contributed by atoms with E-state index in [1.54, 1.807) is 14.0 Å². The van der Waals surface area contributed by atoms with Gasteiger partial charge in [-0.2, -0.15) is 10.1 Å². The highest BCUT2D eigenvalue weighted by Crippen LogP contribution is 2.32. The fourth-order valence-electron chi connectivity index (χ4n) is 3.81. The first-order valence-corrected chi connectivity index (χ1v) is 9.38. The maximum absolute atomic E-state index is 5.81. The molecule has 1 aliphatic rings. The van der Waals surface area contributed by atoms with Crippen LogP contribution in [0.25, 0.3) is 5.69 Å². The van der Waals surface area contributed by atoms with Crippen LogP contribution in [0.1, 0.15) is 34.7 Å². The number of ether oxygens (including phenoxy) is 2. The van der Waals surface area contributed by atoms with Crippen molar-refractivity contribution in [3.8, 4) is 11.4 Å². The molecule has 28 heavy (non-hydrogen) atoms. The molecule has 0 spiro atoms. The Labute approximate surface area is 164 Å². The van der Waals surface area contributed by atoms with Crippen molar-refractivity contribution >= 4 is 0 Å². The predicted molar refractivity (Wildman–Crippen MR) is 103 cm³/mol. The summed E-state index contributed by atoms with van der Waals surface area (Å²) in [5.74, 6) is 2.08. The van der Waals surface area contributed by atoms with Crippen LogP contribution in [0.5, 0.6) is 5.75 Å². The summed E-state index contributed by atoms with van der Waals surface area (Å²) in [5, 5.41) is 8.86. The van der Waals surface area contributed by atoms with Gasteiger partial charge in [0.05, 0.1) is 44.3 Å². The zero-order chi connectivity index (χ0) is 19.7. The minimum Gasteiger partial charge on any atom is -0.497 e. The Morgan fingerprint density at radius 3 is 2.86 bits per heavy atom. The highest BCUT2D eigenvalue weighted by molar-refractivity contribution is 5.42. The molecular formula is C20H25N5O3. The Hall–Kier alpha value is -2.71. The zero-order valence-corrected chi connectivity index (χ0v) is 16.7. The van der Waals surface area contributed by atoms with Crippen LogP contribution in [0.3, 0.4) is 0 Å². The van der Waals surface area contributed by atoms with E-state index < -0.39 is 0 Å². The number of methoxy groups -OCH3 is 1. The quantitative estimate of drug-likeness (QED) is 0.670. The lowest BCUT2D eigenvalue weighted by atomic mass is 10.0. The fraction of sp³-hybridized carbons (Fsp3) is 0.450. The van der Waals surface area contributed by atoms with Crippen molar-refractivity contribution in [2.24, 2.45) is 0 Å². The van der Waals surface area contributed by atoms with Crippen LogP contribution in [-0.2, 0) is 11.3 Å². The largest absolute Gasteiger partial charge is 0.497 e. The SMILES string of the molecule is COc1cccc(-n2nc(C)c(C3COCCN3Cc3noc(C)n3)c2C)c1. The number of hydrogen-bond donors (Lipinski definition) is 0. The number of rotatable bonds is 5. The molecule has 1 saturated heterocycles. The molecule has 3 aromatic rings. The van der Waals surface area contributed by atoms with E-state index in [-0.39, 0.29) is 6.04 Å². The van der Waals surface area contributed by atoms with Gasteiger partial charge in [0, 0.05) is 30.8 Å². The Kier molecular flexibility index (Phi) is 5.15. The van der Waals surface area contributed by atoms with Crippen LogP contribution in [0.2, 0.25) is 0 Å². The highest BCUT2D eigenvalue weighted by Gasteiger charge is 2.31. The molecule has 0 aliphatic carbocycles. The van der Waals surface area contributed by atoms with E-state index in [0.717, 1.165) is 29.4 Å². The van der Waals surface area contributed by atoms with Gasteiger partial charge >= 0.3 is 0 Å². The molecule has 0 saturated carbocycles. The average Bonchev–Trinajstić information content (AvgIpc) is 3.24. The molecule has 1 atom stereocenters. The van der Waals surface area contributed by atoms with Gasteiger partial charge in [-0.05, 0) is 26.0 Å². The molecule has 2 aromatic heterocycles. The molecule has 4 rings (SSSR count). The van der Waals surface area contributed by atoms with E-state index in [2.05, 4.69) is 22.0 Å². The van der Waals surface area contributed by atoms with Gasteiger partial charge in [0.2, 0.25) is 5.89 Å². The third-order valence-electron chi connectivity index (χ3n) is 5.13. The van der Waals surface area contributed by atoms with E-state index in [4.69, 9.17) is 19.1 Å². The maximum atomic E-state index is 5.81. The zero-order valence-electron chi connectivity index (χ0n) is 16.7. The molecule has 1 aliphatic heterocycles. The molecular weight excluding hydrogens is 358 g/mol. The molecule has 0 amide bonds. The molecule has 148 valence electrons. The summed E-state index contributed by atoms with van der Waals surface area (Å²) < 4.78 is 18.3.